The second-order valence-corrected chi connectivity index (χ2v) is 11.5. The summed E-state index contributed by atoms with van der Waals surface area (Å²) in [5.74, 6) is 0.536. The fraction of sp³-hybridized carbons (Fsp3) is 0.440. The van der Waals surface area contributed by atoms with Crippen molar-refractivity contribution in [2.45, 2.75) is 24.2 Å². The molecule has 1 fully saturated rings. The molecular weight excluding hydrogens is 486 g/mol. The lowest BCUT2D eigenvalue weighted by atomic mass is 10.2. The SMILES string of the molecule is COc1ccc2sc(N(CCCN3CCOCC3)C(=O)CCCS(=O)(=O)c3ccccc3)nc2c1. The van der Waals surface area contributed by atoms with Crippen LogP contribution in [0.15, 0.2) is 53.4 Å². The summed E-state index contributed by atoms with van der Waals surface area (Å²) in [6.45, 7) is 4.65. The monoisotopic (exact) mass is 517 g/mol. The Bertz CT molecular complexity index is 1220. The Balaban J connectivity index is 1.44. The minimum atomic E-state index is -3.42. The van der Waals surface area contributed by atoms with E-state index in [9.17, 15) is 13.2 Å². The zero-order chi connectivity index (χ0) is 24.7. The highest BCUT2D eigenvalue weighted by Crippen LogP contribution is 2.32. The van der Waals surface area contributed by atoms with Gasteiger partial charge in [0.05, 0.1) is 41.2 Å². The van der Waals surface area contributed by atoms with Gasteiger partial charge >= 0.3 is 0 Å². The van der Waals surface area contributed by atoms with Gasteiger partial charge in [-0.15, -0.1) is 0 Å². The molecule has 0 aliphatic carbocycles. The van der Waals surface area contributed by atoms with Gasteiger partial charge in [-0.25, -0.2) is 13.4 Å². The predicted molar refractivity (Wildman–Crippen MR) is 138 cm³/mol. The molecule has 1 aliphatic heterocycles. The number of carbonyl (C=O) groups excluding carboxylic acids is 1. The molecule has 2 aromatic carbocycles. The first-order chi connectivity index (χ1) is 17.0. The number of thiazole rings is 1. The van der Waals surface area contributed by atoms with Gasteiger partial charge in [0, 0.05) is 38.7 Å². The minimum Gasteiger partial charge on any atom is -0.497 e. The van der Waals surface area contributed by atoms with Crippen LogP contribution in [0.4, 0.5) is 5.13 Å². The van der Waals surface area contributed by atoms with Crippen LogP contribution in [-0.4, -0.2) is 76.5 Å². The Hall–Kier alpha value is -2.53. The molecule has 0 atom stereocenters. The van der Waals surface area contributed by atoms with Crippen LogP contribution in [0.2, 0.25) is 0 Å². The largest absolute Gasteiger partial charge is 0.497 e. The summed E-state index contributed by atoms with van der Waals surface area (Å²) in [5.41, 5.74) is 0.780. The number of hydrogen-bond acceptors (Lipinski definition) is 8. The Morgan fingerprint density at radius 2 is 1.91 bits per heavy atom. The van der Waals surface area contributed by atoms with Gasteiger partial charge < -0.3 is 9.47 Å². The number of aromatic nitrogens is 1. The Labute approximate surface area is 210 Å². The van der Waals surface area contributed by atoms with Crippen LogP contribution in [-0.2, 0) is 19.4 Å². The van der Waals surface area contributed by atoms with E-state index in [-0.39, 0.29) is 29.4 Å². The lowest BCUT2D eigenvalue weighted by Gasteiger charge is -2.27. The van der Waals surface area contributed by atoms with Crippen molar-refractivity contribution in [1.82, 2.24) is 9.88 Å². The number of morpholine rings is 1. The van der Waals surface area contributed by atoms with Crippen LogP contribution in [0.3, 0.4) is 0 Å². The minimum absolute atomic E-state index is 0.0680. The van der Waals surface area contributed by atoms with E-state index in [2.05, 4.69) is 4.90 Å². The van der Waals surface area contributed by atoms with Gasteiger partial charge in [-0.3, -0.25) is 14.6 Å². The number of rotatable bonds is 11. The molecule has 0 radical (unpaired) electrons. The molecule has 3 aromatic rings. The third kappa shape index (κ3) is 6.78. The van der Waals surface area contributed by atoms with Crippen LogP contribution < -0.4 is 9.64 Å². The fourth-order valence-corrected chi connectivity index (χ4v) is 6.36. The van der Waals surface area contributed by atoms with Gasteiger partial charge in [0.1, 0.15) is 5.75 Å². The number of anilines is 1. The molecule has 0 bridgehead atoms. The van der Waals surface area contributed by atoms with Gasteiger partial charge in [-0.2, -0.15) is 0 Å². The summed E-state index contributed by atoms with van der Waals surface area (Å²) in [6, 6.07) is 14.0. The normalized spacial score (nSPS) is 14.8. The van der Waals surface area contributed by atoms with Gasteiger partial charge in [0.25, 0.3) is 0 Å². The maximum absolute atomic E-state index is 13.3. The first-order valence-corrected chi connectivity index (χ1v) is 14.3. The number of nitrogens with zero attached hydrogens (tertiary/aromatic N) is 3. The van der Waals surface area contributed by atoms with E-state index in [1.54, 1.807) is 42.3 Å². The Morgan fingerprint density at radius 1 is 1.14 bits per heavy atom. The van der Waals surface area contributed by atoms with Gasteiger partial charge in [-0.1, -0.05) is 29.5 Å². The third-order valence-corrected chi connectivity index (χ3v) is 8.86. The molecule has 0 N–H and O–H groups in total. The maximum Gasteiger partial charge on any atom is 0.228 e. The number of ether oxygens (including phenoxy) is 2. The van der Waals surface area contributed by atoms with Crippen molar-refractivity contribution in [3.63, 3.8) is 0 Å². The van der Waals surface area contributed by atoms with Gasteiger partial charge in [0.2, 0.25) is 5.91 Å². The smallest absolute Gasteiger partial charge is 0.228 e. The van der Waals surface area contributed by atoms with E-state index in [0.29, 0.717) is 17.4 Å². The number of carbonyl (C=O) groups is 1. The fourth-order valence-electron chi connectivity index (χ4n) is 4.04. The standard InChI is InChI=1S/C25H31N3O5S2/c1-32-20-10-11-23-22(19-20)26-25(34-23)28(13-6-12-27-14-16-33-17-15-27)24(29)9-5-18-35(30,31)21-7-3-2-4-8-21/h2-4,7-8,10-11,19H,5-6,9,12-18H2,1H3. The van der Waals surface area contributed by atoms with Crippen molar-refractivity contribution in [3.05, 3.63) is 48.5 Å². The summed E-state index contributed by atoms with van der Waals surface area (Å²) in [7, 11) is -1.81. The topological polar surface area (TPSA) is 89.0 Å². The molecular formula is C25H31N3O5S2. The van der Waals surface area contributed by atoms with Crippen LogP contribution >= 0.6 is 11.3 Å². The molecule has 188 valence electrons. The van der Waals surface area contributed by atoms with E-state index >= 15 is 0 Å². The molecule has 1 saturated heterocycles. The molecule has 0 spiro atoms. The van der Waals surface area contributed by atoms with Crippen LogP contribution in [0.5, 0.6) is 5.75 Å². The summed E-state index contributed by atoms with van der Waals surface area (Å²) in [5, 5.41) is 0.631. The Morgan fingerprint density at radius 3 is 2.66 bits per heavy atom. The van der Waals surface area contributed by atoms with Crippen molar-refractivity contribution in [2.75, 3.05) is 57.2 Å². The number of amides is 1. The van der Waals surface area contributed by atoms with E-state index in [1.807, 2.05) is 18.2 Å². The molecule has 35 heavy (non-hydrogen) atoms. The summed E-state index contributed by atoms with van der Waals surface area (Å²) in [6.07, 6.45) is 1.20. The second-order valence-electron chi connectivity index (χ2n) is 8.42. The van der Waals surface area contributed by atoms with Crippen molar-refractivity contribution < 1.29 is 22.7 Å². The van der Waals surface area contributed by atoms with E-state index in [1.165, 1.54) is 11.3 Å². The highest BCUT2D eigenvalue weighted by atomic mass is 32.2. The molecule has 0 unspecified atom stereocenters. The first-order valence-electron chi connectivity index (χ1n) is 11.8. The van der Waals surface area contributed by atoms with Crippen molar-refractivity contribution in [3.8, 4) is 5.75 Å². The van der Waals surface area contributed by atoms with Gasteiger partial charge in [-0.05, 0) is 37.1 Å². The van der Waals surface area contributed by atoms with Crippen molar-refractivity contribution >= 4 is 42.4 Å². The quantitative estimate of drug-likeness (QED) is 0.384. The molecule has 1 aliphatic rings. The first kappa shape index (κ1) is 25.6. The summed E-state index contributed by atoms with van der Waals surface area (Å²) >= 11 is 1.46. The zero-order valence-electron chi connectivity index (χ0n) is 19.9. The van der Waals surface area contributed by atoms with Gasteiger partial charge in [0.15, 0.2) is 15.0 Å². The molecule has 8 nitrogen and oxygen atoms in total. The lowest BCUT2D eigenvalue weighted by Crippen LogP contribution is -2.39. The number of benzene rings is 2. The van der Waals surface area contributed by atoms with Crippen molar-refractivity contribution in [2.24, 2.45) is 0 Å². The highest BCUT2D eigenvalue weighted by Gasteiger charge is 2.22. The average molecular weight is 518 g/mol. The van der Waals surface area contributed by atoms with Crippen LogP contribution in [0.25, 0.3) is 10.2 Å². The maximum atomic E-state index is 13.3. The predicted octanol–water partition coefficient (Wildman–Crippen LogP) is 3.61. The number of methoxy groups -OCH3 is 1. The van der Waals surface area contributed by atoms with E-state index in [0.717, 1.165) is 49.5 Å². The Kier molecular flexibility index (Phi) is 8.72. The molecule has 2 heterocycles. The number of sulfone groups is 1. The van der Waals surface area contributed by atoms with Crippen molar-refractivity contribution in [1.29, 1.82) is 0 Å². The molecule has 1 aromatic heterocycles. The summed E-state index contributed by atoms with van der Waals surface area (Å²) in [4.78, 5) is 22.3. The summed E-state index contributed by atoms with van der Waals surface area (Å²) < 4.78 is 36.9. The second kappa shape index (κ2) is 11.9. The number of fused-ring (bicyclic) bond motifs is 1. The van der Waals surface area contributed by atoms with Crippen LogP contribution in [0.1, 0.15) is 19.3 Å². The third-order valence-electron chi connectivity index (χ3n) is 5.98. The van der Waals surface area contributed by atoms with E-state index < -0.39 is 9.84 Å². The van der Waals surface area contributed by atoms with E-state index in [4.69, 9.17) is 14.5 Å². The average Bonchev–Trinajstić information content (AvgIpc) is 3.30. The highest BCUT2D eigenvalue weighted by molar-refractivity contribution is 7.91. The molecule has 0 saturated carbocycles. The zero-order valence-corrected chi connectivity index (χ0v) is 21.5. The number of hydrogen-bond donors (Lipinski definition) is 0. The molecule has 4 rings (SSSR count). The molecule has 10 heteroatoms. The molecule has 1 amide bonds. The lowest BCUT2D eigenvalue weighted by molar-refractivity contribution is -0.118. The van der Waals surface area contributed by atoms with Crippen LogP contribution in [0, 0.1) is 0 Å².